The molecule has 3 aromatic rings. The standard InChI is InChI=1S/C19H17N3O2/c1-13-7-6-10-16(14(13)2)20-19(24)18-17(23)11-12-22(21-18)15-8-4-3-5-9-15/h3-12H,1-2H3,(H,20,24). The maximum atomic E-state index is 12.5. The minimum absolute atomic E-state index is 0.137. The predicted octanol–water partition coefficient (Wildman–Crippen LogP) is 3.10. The molecule has 1 aromatic heterocycles. The highest BCUT2D eigenvalue weighted by Gasteiger charge is 2.15. The van der Waals surface area contributed by atoms with Crippen molar-refractivity contribution in [3.63, 3.8) is 0 Å². The molecule has 0 unspecified atom stereocenters. The third-order valence-corrected chi connectivity index (χ3v) is 3.90. The zero-order chi connectivity index (χ0) is 17.1. The van der Waals surface area contributed by atoms with Crippen LogP contribution in [-0.2, 0) is 0 Å². The van der Waals surface area contributed by atoms with Crippen LogP contribution in [0.15, 0.2) is 65.6 Å². The van der Waals surface area contributed by atoms with Gasteiger partial charge in [-0.3, -0.25) is 9.59 Å². The van der Waals surface area contributed by atoms with E-state index in [9.17, 15) is 9.59 Å². The van der Waals surface area contributed by atoms with Crippen molar-refractivity contribution in [2.75, 3.05) is 5.32 Å². The summed E-state index contributed by atoms with van der Waals surface area (Å²) in [4.78, 5) is 24.5. The van der Waals surface area contributed by atoms with Gasteiger partial charge in [0.25, 0.3) is 5.91 Å². The van der Waals surface area contributed by atoms with Crippen molar-refractivity contribution >= 4 is 11.6 Å². The van der Waals surface area contributed by atoms with Crippen LogP contribution in [0, 0.1) is 13.8 Å². The molecule has 0 aliphatic heterocycles. The van der Waals surface area contributed by atoms with Gasteiger partial charge in [-0.15, -0.1) is 0 Å². The molecule has 0 aliphatic rings. The third kappa shape index (κ3) is 3.10. The van der Waals surface area contributed by atoms with Gasteiger partial charge in [-0.05, 0) is 43.2 Å². The molecule has 2 aromatic carbocycles. The topological polar surface area (TPSA) is 64.0 Å². The first kappa shape index (κ1) is 15.7. The Morgan fingerprint density at radius 1 is 1.00 bits per heavy atom. The zero-order valence-corrected chi connectivity index (χ0v) is 13.5. The Balaban J connectivity index is 1.95. The number of nitrogens with zero attached hydrogens (tertiary/aromatic N) is 2. The number of hydrogen-bond donors (Lipinski definition) is 1. The van der Waals surface area contributed by atoms with Crippen LogP contribution in [-0.4, -0.2) is 15.7 Å². The van der Waals surface area contributed by atoms with E-state index in [2.05, 4.69) is 10.4 Å². The van der Waals surface area contributed by atoms with Gasteiger partial charge < -0.3 is 5.32 Å². The number of rotatable bonds is 3. The molecule has 0 saturated carbocycles. The van der Waals surface area contributed by atoms with E-state index in [1.54, 1.807) is 12.3 Å². The van der Waals surface area contributed by atoms with Gasteiger partial charge in [-0.2, -0.15) is 5.10 Å². The molecular weight excluding hydrogens is 302 g/mol. The largest absolute Gasteiger partial charge is 0.320 e. The van der Waals surface area contributed by atoms with Crippen molar-refractivity contribution in [3.05, 3.63) is 87.8 Å². The number of para-hydroxylation sites is 1. The number of nitrogens with one attached hydrogen (secondary N) is 1. The predicted molar refractivity (Wildman–Crippen MR) is 93.7 cm³/mol. The molecule has 24 heavy (non-hydrogen) atoms. The minimum atomic E-state index is -0.515. The summed E-state index contributed by atoms with van der Waals surface area (Å²) in [6, 6.07) is 16.3. The number of carbonyl (C=O) groups is 1. The third-order valence-electron chi connectivity index (χ3n) is 3.90. The van der Waals surface area contributed by atoms with Gasteiger partial charge in [-0.1, -0.05) is 30.3 Å². The summed E-state index contributed by atoms with van der Waals surface area (Å²) < 4.78 is 1.51. The molecule has 0 atom stereocenters. The Morgan fingerprint density at radius 2 is 1.75 bits per heavy atom. The molecule has 5 nitrogen and oxygen atoms in total. The summed E-state index contributed by atoms with van der Waals surface area (Å²) in [5.41, 5.74) is 2.93. The lowest BCUT2D eigenvalue weighted by atomic mass is 10.1. The van der Waals surface area contributed by atoms with Gasteiger partial charge in [0.2, 0.25) is 5.43 Å². The summed E-state index contributed by atoms with van der Waals surface area (Å²) >= 11 is 0. The van der Waals surface area contributed by atoms with Crippen LogP contribution in [0.1, 0.15) is 21.6 Å². The number of amides is 1. The number of aromatic nitrogens is 2. The summed E-state index contributed by atoms with van der Waals surface area (Å²) in [7, 11) is 0. The van der Waals surface area contributed by atoms with Crippen LogP contribution in [0.25, 0.3) is 5.69 Å². The van der Waals surface area contributed by atoms with Gasteiger partial charge in [0.15, 0.2) is 5.69 Å². The fourth-order valence-electron chi connectivity index (χ4n) is 2.36. The van der Waals surface area contributed by atoms with E-state index in [1.165, 1.54) is 10.7 Å². The average Bonchev–Trinajstić information content (AvgIpc) is 2.60. The first-order chi connectivity index (χ1) is 11.6. The average molecular weight is 319 g/mol. The van der Waals surface area contributed by atoms with Gasteiger partial charge >= 0.3 is 0 Å². The maximum absolute atomic E-state index is 12.5. The lowest BCUT2D eigenvalue weighted by molar-refractivity contribution is 0.101. The number of carbonyl (C=O) groups excluding carboxylic acids is 1. The second kappa shape index (κ2) is 6.50. The highest BCUT2D eigenvalue weighted by Crippen LogP contribution is 2.18. The fraction of sp³-hybridized carbons (Fsp3) is 0.105. The Labute approximate surface area is 139 Å². The van der Waals surface area contributed by atoms with Crippen LogP contribution in [0.3, 0.4) is 0 Å². The summed E-state index contributed by atoms with van der Waals surface area (Å²) in [5.74, 6) is -0.515. The number of aryl methyl sites for hydroxylation is 1. The molecule has 120 valence electrons. The Bertz CT molecular complexity index is 946. The van der Waals surface area contributed by atoms with E-state index < -0.39 is 11.3 Å². The van der Waals surface area contributed by atoms with Crippen LogP contribution >= 0.6 is 0 Å². The zero-order valence-electron chi connectivity index (χ0n) is 13.5. The molecular formula is C19H17N3O2. The van der Waals surface area contributed by atoms with Gasteiger partial charge in [0.05, 0.1) is 5.69 Å². The molecule has 0 aliphatic carbocycles. The second-order valence-corrected chi connectivity index (χ2v) is 5.51. The number of anilines is 1. The van der Waals surface area contributed by atoms with E-state index in [1.807, 2.05) is 56.3 Å². The molecule has 0 spiro atoms. The summed E-state index contributed by atoms with van der Waals surface area (Å²) in [6.45, 7) is 3.89. The number of hydrogen-bond acceptors (Lipinski definition) is 3. The number of benzene rings is 2. The van der Waals surface area contributed by atoms with Gasteiger partial charge in [-0.25, -0.2) is 4.68 Å². The van der Waals surface area contributed by atoms with E-state index in [4.69, 9.17) is 0 Å². The summed E-state index contributed by atoms with van der Waals surface area (Å²) in [6.07, 6.45) is 1.55. The monoisotopic (exact) mass is 319 g/mol. The van der Waals surface area contributed by atoms with Crippen molar-refractivity contribution in [1.82, 2.24) is 9.78 Å². The lowest BCUT2D eigenvalue weighted by Gasteiger charge is -2.11. The van der Waals surface area contributed by atoms with E-state index in [-0.39, 0.29) is 5.69 Å². The van der Waals surface area contributed by atoms with Gasteiger partial charge in [0.1, 0.15) is 0 Å². The van der Waals surface area contributed by atoms with E-state index in [0.717, 1.165) is 16.8 Å². The van der Waals surface area contributed by atoms with E-state index in [0.29, 0.717) is 5.69 Å². The minimum Gasteiger partial charge on any atom is -0.320 e. The fourth-order valence-corrected chi connectivity index (χ4v) is 2.36. The van der Waals surface area contributed by atoms with Crippen molar-refractivity contribution in [1.29, 1.82) is 0 Å². The Morgan fingerprint density at radius 3 is 2.50 bits per heavy atom. The molecule has 1 N–H and O–H groups in total. The van der Waals surface area contributed by atoms with Crippen molar-refractivity contribution in [2.24, 2.45) is 0 Å². The van der Waals surface area contributed by atoms with Gasteiger partial charge in [0, 0.05) is 18.0 Å². The molecule has 3 rings (SSSR count). The second-order valence-electron chi connectivity index (χ2n) is 5.51. The SMILES string of the molecule is Cc1cccc(NC(=O)c2nn(-c3ccccc3)ccc2=O)c1C. The first-order valence-electron chi connectivity index (χ1n) is 7.59. The molecule has 1 amide bonds. The van der Waals surface area contributed by atoms with Crippen LogP contribution in [0.2, 0.25) is 0 Å². The normalized spacial score (nSPS) is 10.4. The van der Waals surface area contributed by atoms with Crippen molar-refractivity contribution in [3.8, 4) is 5.69 Å². The van der Waals surface area contributed by atoms with Crippen LogP contribution in [0.5, 0.6) is 0 Å². The highest BCUT2D eigenvalue weighted by molar-refractivity contribution is 6.03. The lowest BCUT2D eigenvalue weighted by Crippen LogP contribution is -2.25. The van der Waals surface area contributed by atoms with Crippen LogP contribution in [0.4, 0.5) is 5.69 Å². The molecule has 1 heterocycles. The molecule has 0 radical (unpaired) electrons. The Kier molecular flexibility index (Phi) is 4.24. The van der Waals surface area contributed by atoms with Crippen molar-refractivity contribution < 1.29 is 4.79 Å². The molecule has 0 bridgehead atoms. The quantitative estimate of drug-likeness (QED) is 0.807. The van der Waals surface area contributed by atoms with Crippen LogP contribution < -0.4 is 10.7 Å². The maximum Gasteiger partial charge on any atom is 0.280 e. The Hall–Kier alpha value is -3.21. The summed E-state index contributed by atoms with van der Waals surface area (Å²) in [5, 5.41) is 6.95. The van der Waals surface area contributed by atoms with E-state index >= 15 is 0 Å². The first-order valence-corrected chi connectivity index (χ1v) is 7.59. The highest BCUT2D eigenvalue weighted by atomic mass is 16.2. The molecule has 5 heteroatoms. The smallest absolute Gasteiger partial charge is 0.280 e. The molecule has 0 saturated heterocycles. The van der Waals surface area contributed by atoms with Crippen molar-refractivity contribution in [2.45, 2.75) is 13.8 Å². The molecule has 0 fully saturated rings.